The standard InChI is InChI=1S/C8H15NO2/c9-7-3-1-6(2-4-7)5-8(10)11/h6-7H,1-5,9H2,(H,10,11)/t6-,7-. The molecule has 0 heterocycles. The zero-order valence-electron chi connectivity index (χ0n) is 6.62. The molecule has 0 saturated heterocycles. The molecule has 0 unspecified atom stereocenters. The van der Waals surface area contributed by atoms with Crippen molar-refractivity contribution in [3.63, 3.8) is 0 Å². The van der Waals surface area contributed by atoms with E-state index in [0.29, 0.717) is 18.4 Å². The fourth-order valence-corrected chi connectivity index (χ4v) is 1.64. The van der Waals surface area contributed by atoms with Crippen molar-refractivity contribution in [2.45, 2.75) is 38.1 Å². The third-order valence-corrected chi connectivity index (χ3v) is 2.35. The van der Waals surface area contributed by atoms with E-state index in [2.05, 4.69) is 0 Å². The van der Waals surface area contributed by atoms with Gasteiger partial charge in [-0.3, -0.25) is 4.79 Å². The topological polar surface area (TPSA) is 63.3 Å². The predicted molar refractivity (Wildman–Crippen MR) is 42.2 cm³/mol. The van der Waals surface area contributed by atoms with Gasteiger partial charge >= 0.3 is 5.97 Å². The second-order valence-electron chi connectivity index (χ2n) is 3.38. The molecule has 0 aromatic rings. The van der Waals surface area contributed by atoms with Crippen molar-refractivity contribution in [1.82, 2.24) is 0 Å². The average Bonchev–Trinajstić information content (AvgIpc) is 1.93. The first-order chi connectivity index (χ1) is 5.18. The normalized spacial score (nSPS) is 31.7. The molecule has 0 atom stereocenters. The number of carboxylic acids is 1. The van der Waals surface area contributed by atoms with Crippen LogP contribution in [0.25, 0.3) is 0 Å². The number of carboxylic acid groups (broad SMARTS) is 1. The van der Waals surface area contributed by atoms with Crippen molar-refractivity contribution < 1.29 is 9.90 Å². The van der Waals surface area contributed by atoms with Crippen LogP contribution in [0.5, 0.6) is 0 Å². The molecule has 3 heteroatoms. The van der Waals surface area contributed by atoms with Gasteiger partial charge in [-0.05, 0) is 31.6 Å². The van der Waals surface area contributed by atoms with Crippen molar-refractivity contribution >= 4 is 5.97 Å². The van der Waals surface area contributed by atoms with Gasteiger partial charge in [0, 0.05) is 12.5 Å². The van der Waals surface area contributed by atoms with Crippen LogP contribution < -0.4 is 5.73 Å². The molecule has 0 aliphatic heterocycles. The number of nitrogens with two attached hydrogens (primary N) is 1. The lowest BCUT2D eigenvalue weighted by atomic mass is 9.84. The maximum Gasteiger partial charge on any atom is 0.303 e. The third kappa shape index (κ3) is 2.89. The zero-order valence-corrected chi connectivity index (χ0v) is 6.62. The number of carbonyl (C=O) groups is 1. The first kappa shape index (κ1) is 8.53. The maximum atomic E-state index is 10.3. The van der Waals surface area contributed by atoms with Gasteiger partial charge in [-0.25, -0.2) is 0 Å². The molecule has 1 rings (SSSR count). The van der Waals surface area contributed by atoms with Gasteiger partial charge in [0.15, 0.2) is 0 Å². The molecule has 64 valence electrons. The lowest BCUT2D eigenvalue weighted by Crippen LogP contribution is -2.27. The lowest BCUT2D eigenvalue weighted by molar-refractivity contribution is -0.138. The van der Waals surface area contributed by atoms with E-state index in [-0.39, 0.29) is 0 Å². The Kier molecular flexibility index (Phi) is 2.88. The molecule has 0 bridgehead atoms. The van der Waals surface area contributed by atoms with E-state index in [1.807, 2.05) is 0 Å². The summed E-state index contributed by atoms with van der Waals surface area (Å²) in [6, 6.07) is 0.319. The summed E-state index contributed by atoms with van der Waals surface area (Å²) in [5, 5.41) is 8.50. The Bertz CT molecular complexity index is 139. The molecule has 3 N–H and O–H groups in total. The minimum absolute atomic E-state index is 0.319. The predicted octanol–water partition coefficient (Wildman–Crippen LogP) is 0.979. The molecule has 0 aromatic heterocycles. The van der Waals surface area contributed by atoms with E-state index in [9.17, 15) is 4.79 Å². The second-order valence-corrected chi connectivity index (χ2v) is 3.38. The highest BCUT2D eigenvalue weighted by Gasteiger charge is 2.20. The summed E-state index contributed by atoms with van der Waals surface area (Å²) < 4.78 is 0. The Morgan fingerprint density at radius 3 is 2.36 bits per heavy atom. The van der Waals surface area contributed by atoms with Crippen LogP contribution in [0.15, 0.2) is 0 Å². The molecule has 0 aromatic carbocycles. The van der Waals surface area contributed by atoms with Crippen LogP contribution in [-0.2, 0) is 4.79 Å². The van der Waals surface area contributed by atoms with Crippen molar-refractivity contribution in [3.05, 3.63) is 0 Å². The maximum absolute atomic E-state index is 10.3. The van der Waals surface area contributed by atoms with E-state index < -0.39 is 5.97 Å². The van der Waals surface area contributed by atoms with Gasteiger partial charge in [-0.1, -0.05) is 0 Å². The van der Waals surface area contributed by atoms with Gasteiger partial charge < -0.3 is 10.8 Å². The largest absolute Gasteiger partial charge is 0.481 e. The van der Waals surface area contributed by atoms with Crippen LogP contribution in [-0.4, -0.2) is 17.1 Å². The number of rotatable bonds is 2. The van der Waals surface area contributed by atoms with E-state index >= 15 is 0 Å². The Balaban J connectivity index is 2.22. The highest BCUT2D eigenvalue weighted by Crippen LogP contribution is 2.25. The van der Waals surface area contributed by atoms with Gasteiger partial charge in [0.2, 0.25) is 0 Å². The molecule has 1 saturated carbocycles. The van der Waals surface area contributed by atoms with Crippen LogP contribution in [0.1, 0.15) is 32.1 Å². The summed E-state index contributed by atoms with van der Waals surface area (Å²) in [5.41, 5.74) is 5.68. The fourth-order valence-electron chi connectivity index (χ4n) is 1.64. The molecule has 1 aliphatic carbocycles. The highest BCUT2D eigenvalue weighted by molar-refractivity contribution is 5.67. The minimum Gasteiger partial charge on any atom is -0.481 e. The average molecular weight is 157 g/mol. The van der Waals surface area contributed by atoms with Gasteiger partial charge in [-0.15, -0.1) is 0 Å². The van der Waals surface area contributed by atoms with E-state index in [4.69, 9.17) is 10.8 Å². The van der Waals surface area contributed by atoms with Crippen LogP contribution in [0.3, 0.4) is 0 Å². The summed E-state index contributed by atoms with van der Waals surface area (Å²) in [5.74, 6) is -0.294. The van der Waals surface area contributed by atoms with Crippen molar-refractivity contribution in [3.8, 4) is 0 Å². The van der Waals surface area contributed by atoms with E-state index in [0.717, 1.165) is 25.7 Å². The first-order valence-electron chi connectivity index (χ1n) is 4.16. The Morgan fingerprint density at radius 2 is 1.91 bits per heavy atom. The number of hydrogen-bond acceptors (Lipinski definition) is 2. The molecule has 3 nitrogen and oxygen atoms in total. The summed E-state index contributed by atoms with van der Waals surface area (Å²) in [4.78, 5) is 10.3. The van der Waals surface area contributed by atoms with Crippen molar-refractivity contribution in [1.29, 1.82) is 0 Å². The molecule has 0 radical (unpaired) electrons. The third-order valence-electron chi connectivity index (χ3n) is 2.35. The smallest absolute Gasteiger partial charge is 0.303 e. The summed E-state index contributed by atoms with van der Waals surface area (Å²) in [7, 11) is 0. The molecule has 11 heavy (non-hydrogen) atoms. The van der Waals surface area contributed by atoms with Crippen LogP contribution in [0, 0.1) is 5.92 Å². The molecule has 1 aliphatic rings. The van der Waals surface area contributed by atoms with E-state index in [1.165, 1.54) is 0 Å². The summed E-state index contributed by atoms with van der Waals surface area (Å²) >= 11 is 0. The zero-order chi connectivity index (χ0) is 8.27. The lowest BCUT2D eigenvalue weighted by Gasteiger charge is -2.24. The monoisotopic (exact) mass is 157 g/mol. The minimum atomic E-state index is -0.675. The van der Waals surface area contributed by atoms with Crippen molar-refractivity contribution in [2.75, 3.05) is 0 Å². The summed E-state index contributed by atoms with van der Waals surface area (Å²) in [6.07, 6.45) is 4.31. The molecule has 0 amide bonds. The van der Waals surface area contributed by atoms with Crippen molar-refractivity contribution in [2.24, 2.45) is 11.7 Å². The van der Waals surface area contributed by atoms with Crippen LogP contribution >= 0.6 is 0 Å². The van der Waals surface area contributed by atoms with Crippen LogP contribution in [0.4, 0.5) is 0 Å². The van der Waals surface area contributed by atoms with Gasteiger partial charge in [0.25, 0.3) is 0 Å². The van der Waals surface area contributed by atoms with Gasteiger partial charge in [0.1, 0.15) is 0 Å². The quantitative estimate of drug-likeness (QED) is 0.628. The first-order valence-corrected chi connectivity index (χ1v) is 4.16. The molecule has 1 fully saturated rings. The van der Waals surface area contributed by atoms with Gasteiger partial charge in [0.05, 0.1) is 0 Å². The Hall–Kier alpha value is -0.570. The molecule has 0 spiro atoms. The highest BCUT2D eigenvalue weighted by atomic mass is 16.4. The Morgan fingerprint density at radius 1 is 1.36 bits per heavy atom. The Labute approximate surface area is 66.6 Å². The van der Waals surface area contributed by atoms with E-state index in [1.54, 1.807) is 0 Å². The SMILES string of the molecule is N[C@H]1CC[C@H](CC(=O)O)CC1. The van der Waals surface area contributed by atoms with Crippen LogP contribution in [0.2, 0.25) is 0 Å². The number of hydrogen-bond donors (Lipinski definition) is 2. The summed E-state index contributed by atoms with van der Waals surface area (Å²) in [6.45, 7) is 0. The number of aliphatic carboxylic acids is 1. The second kappa shape index (κ2) is 3.72. The molecular weight excluding hydrogens is 142 g/mol. The van der Waals surface area contributed by atoms with Gasteiger partial charge in [-0.2, -0.15) is 0 Å². The fraction of sp³-hybridized carbons (Fsp3) is 0.875. The molecular formula is C8H15NO2.